The molecule has 30 heavy (non-hydrogen) atoms. The van der Waals surface area contributed by atoms with Gasteiger partial charge >= 0.3 is 5.97 Å². The molecule has 8 nitrogen and oxygen atoms in total. The number of nitrogens with zero attached hydrogens (tertiary/aromatic N) is 2. The van der Waals surface area contributed by atoms with E-state index in [1.807, 2.05) is 0 Å². The van der Waals surface area contributed by atoms with Crippen LogP contribution >= 0.6 is 11.3 Å². The van der Waals surface area contributed by atoms with E-state index in [0.717, 1.165) is 24.2 Å². The molecule has 0 N–H and O–H groups in total. The van der Waals surface area contributed by atoms with Gasteiger partial charge in [0, 0.05) is 20.1 Å². The number of thiophene rings is 1. The molecule has 0 radical (unpaired) electrons. The number of hydrogen-bond donors (Lipinski definition) is 0. The van der Waals surface area contributed by atoms with Gasteiger partial charge in [-0.25, -0.2) is 13.2 Å². The highest BCUT2D eigenvalue weighted by molar-refractivity contribution is 7.94. The molecular formula is C20H24N2O6S2. The average Bonchev–Trinajstić information content (AvgIpc) is 3.46. The van der Waals surface area contributed by atoms with Crippen LogP contribution in [0.4, 0.5) is 5.69 Å². The van der Waals surface area contributed by atoms with Gasteiger partial charge in [0.1, 0.15) is 9.96 Å². The van der Waals surface area contributed by atoms with Crippen LogP contribution in [-0.2, 0) is 24.3 Å². The molecule has 0 bridgehead atoms. The predicted octanol–water partition coefficient (Wildman–Crippen LogP) is 2.51. The predicted molar refractivity (Wildman–Crippen MR) is 113 cm³/mol. The van der Waals surface area contributed by atoms with Crippen LogP contribution in [0.25, 0.3) is 0 Å². The standard InChI is InChI=1S/C20H24N2O6S2/c1-15(20(24)22-11-3-4-12-22)28-18(23)14-27-17-9-7-16(8-10-17)21(2)30(25,26)19-6-5-13-29-19/h5-10,13,15H,3-4,11-12,14H2,1-2H3. The molecule has 1 aromatic heterocycles. The third kappa shape index (κ3) is 5.11. The molecule has 1 unspecified atom stereocenters. The lowest BCUT2D eigenvalue weighted by atomic mass is 10.3. The van der Waals surface area contributed by atoms with E-state index in [-0.39, 0.29) is 16.7 Å². The molecule has 0 spiro atoms. The first-order valence-electron chi connectivity index (χ1n) is 9.52. The average molecular weight is 453 g/mol. The zero-order chi connectivity index (χ0) is 21.7. The number of carbonyl (C=O) groups excluding carboxylic acids is 2. The smallest absolute Gasteiger partial charge is 0.344 e. The van der Waals surface area contributed by atoms with Crippen molar-refractivity contribution in [1.29, 1.82) is 0 Å². The van der Waals surface area contributed by atoms with Crippen LogP contribution in [0.5, 0.6) is 5.75 Å². The fourth-order valence-electron chi connectivity index (χ4n) is 3.05. The fraction of sp³-hybridized carbons (Fsp3) is 0.400. The minimum Gasteiger partial charge on any atom is -0.482 e. The molecule has 2 aromatic rings. The van der Waals surface area contributed by atoms with Gasteiger partial charge in [0.25, 0.3) is 15.9 Å². The van der Waals surface area contributed by atoms with E-state index in [2.05, 4.69) is 0 Å². The highest BCUT2D eigenvalue weighted by Gasteiger charge is 2.26. The third-order valence-electron chi connectivity index (χ3n) is 4.74. The molecule has 1 saturated heterocycles. The zero-order valence-corrected chi connectivity index (χ0v) is 18.4. The number of rotatable bonds is 8. The Morgan fingerprint density at radius 3 is 2.43 bits per heavy atom. The minimum absolute atomic E-state index is 0.194. The van der Waals surface area contributed by atoms with Crippen LogP contribution in [0.2, 0.25) is 0 Å². The molecule has 1 amide bonds. The summed E-state index contributed by atoms with van der Waals surface area (Å²) in [5.74, 6) is -0.451. The van der Waals surface area contributed by atoms with Crippen molar-refractivity contribution < 1.29 is 27.5 Å². The quantitative estimate of drug-likeness (QED) is 0.572. The van der Waals surface area contributed by atoms with Crippen molar-refractivity contribution >= 4 is 38.9 Å². The number of hydrogen-bond acceptors (Lipinski definition) is 7. The van der Waals surface area contributed by atoms with Crippen LogP contribution in [0, 0.1) is 0 Å². The molecule has 10 heteroatoms. The van der Waals surface area contributed by atoms with Gasteiger partial charge in [-0.05, 0) is 55.5 Å². The van der Waals surface area contributed by atoms with Gasteiger partial charge in [-0.15, -0.1) is 11.3 Å². The Kier molecular flexibility index (Phi) is 6.99. The first-order valence-corrected chi connectivity index (χ1v) is 11.8. The van der Waals surface area contributed by atoms with Crippen molar-refractivity contribution in [3.63, 3.8) is 0 Å². The van der Waals surface area contributed by atoms with Crippen molar-refractivity contribution in [3.05, 3.63) is 41.8 Å². The number of likely N-dealkylation sites (tertiary alicyclic amines) is 1. The summed E-state index contributed by atoms with van der Waals surface area (Å²) in [5.41, 5.74) is 0.461. The maximum absolute atomic E-state index is 12.6. The highest BCUT2D eigenvalue weighted by atomic mass is 32.2. The summed E-state index contributed by atoms with van der Waals surface area (Å²) in [6, 6.07) is 9.55. The van der Waals surface area contributed by atoms with Gasteiger partial charge in [-0.1, -0.05) is 6.07 Å². The third-order valence-corrected chi connectivity index (χ3v) is 7.90. The zero-order valence-electron chi connectivity index (χ0n) is 16.8. The van der Waals surface area contributed by atoms with E-state index < -0.39 is 22.1 Å². The SMILES string of the molecule is CC(OC(=O)COc1ccc(N(C)S(=O)(=O)c2cccs2)cc1)C(=O)N1CCCC1. The van der Waals surface area contributed by atoms with E-state index in [0.29, 0.717) is 24.5 Å². The number of esters is 1. The maximum atomic E-state index is 12.6. The Balaban J connectivity index is 1.52. The Bertz CT molecular complexity index is 967. The number of carbonyl (C=O) groups is 2. The van der Waals surface area contributed by atoms with Crippen molar-refractivity contribution in [3.8, 4) is 5.75 Å². The van der Waals surface area contributed by atoms with Crippen LogP contribution in [-0.4, -0.2) is 58.0 Å². The van der Waals surface area contributed by atoms with Gasteiger partial charge in [-0.3, -0.25) is 9.10 Å². The second-order valence-corrected chi connectivity index (χ2v) is 10.00. The second-order valence-electron chi connectivity index (χ2n) is 6.85. The number of amides is 1. The van der Waals surface area contributed by atoms with Gasteiger partial charge < -0.3 is 14.4 Å². The lowest BCUT2D eigenvalue weighted by Gasteiger charge is -2.20. The summed E-state index contributed by atoms with van der Waals surface area (Å²) in [5, 5.41) is 1.70. The lowest BCUT2D eigenvalue weighted by Crippen LogP contribution is -2.38. The highest BCUT2D eigenvalue weighted by Crippen LogP contribution is 2.26. The molecule has 162 valence electrons. The molecule has 1 fully saturated rings. The van der Waals surface area contributed by atoms with Gasteiger partial charge in [0.05, 0.1) is 5.69 Å². The van der Waals surface area contributed by atoms with Gasteiger partial charge in [0.2, 0.25) is 0 Å². The normalized spacial score (nSPS) is 14.9. The largest absolute Gasteiger partial charge is 0.482 e. The van der Waals surface area contributed by atoms with Crippen LogP contribution in [0.15, 0.2) is 46.0 Å². The Morgan fingerprint density at radius 1 is 1.17 bits per heavy atom. The fourth-order valence-corrected chi connectivity index (χ4v) is 5.41. The van der Waals surface area contributed by atoms with Crippen molar-refractivity contribution in [2.45, 2.75) is 30.1 Å². The van der Waals surface area contributed by atoms with E-state index in [1.165, 1.54) is 11.4 Å². The lowest BCUT2D eigenvalue weighted by molar-refractivity contribution is -0.160. The maximum Gasteiger partial charge on any atom is 0.344 e. The van der Waals surface area contributed by atoms with Crippen molar-refractivity contribution in [1.82, 2.24) is 4.90 Å². The molecule has 1 aliphatic heterocycles. The molecule has 2 heterocycles. The summed E-state index contributed by atoms with van der Waals surface area (Å²) in [7, 11) is -2.14. The first-order chi connectivity index (χ1) is 14.3. The van der Waals surface area contributed by atoms with E-state index in [4.69, 9.17) is 9.47 Å². The summed E-state index contributed by atoms with van der Waals surface area (Å²) >= 11 is 1.15. The molecule has 1 aromatic carbocycles. The first kappa shape index (κ1) is 22.1. The van der Waals surface area contributed by atoms with Crippen molar-refractivity contribution in [2.75, 3.05) is 31.0 Å². The van der Waals surface area contributed by atoms with E-state index in [1.54, 1.807) is 53.6 Å². The second kappa shape index (κ2) is 9.48. The van der Waals surface area contributed by atoms with Crippen LogP contribution in [0.1, 0.15) is 19.8 Å². The van der Waals surface area contributed by atoms with Crippen LogP contribution in [0.3, 0.4) is 0 Å². The molecule has 1 atom stereocenters. The number of anilines is 1. The van der Waals surface area contributed by atoms with Gasteiger partial charge in [0.15, 0.2) is 12.7 Å². The summed E-state index contributed by atoms with van der Waals surface area (Å²) in [6.07, 6.45) is 1.09. The monoisotopic (exact) mass is 452 g/mol. The number of ether oxygens (including phenoxy) is 2. The number of sulfonamides is 1. The number of benzene rings is 1. The summed E-state index contributed by atoms with van der Waals surface area (Å²) in [4.78, 5) is 25.8. The minimum atomic E-state index is -3.62. The van der Waals surface area contributed by atoms with Crippen molar-refractivity contribution in [2.24, 2.45) is 0 Å². The molecule has 3 rings (SSSR count). The topological polar surface area (TPSA) is 93.2 Å². The van der Waals surface area contributed by atoms with E-state index >= 15 is 0 Å². The summed E-state index contributed by atoms with van der Waals surface area (Å²) in [6.45, 7) is 2.60. The van der Waals surface area contributed by atoms with E-state index in [9.17, 15) is 18.0 Å². The Hall–Kier alpha value is -2.59. The molecular weight excluding hydrogens is 428 g/mol. The van der Waals surface area contributed by atoms with Gasteiger partial charge in [-0.2, -0.15) is 0 Å². The molecule has 0 aliphatic carbocycles. The summed E-state index contributed by atoms with van der Waals surface area (Å²) < 4.78 is 37.1. The Labute approximate surface area is 180 Å². The molecule has 1 aliphatic rings. The Morgan fingerprint density at radius 2 is 1.83 bits per heavy atom. The van der Waals surface area contributed by atoms with Crippen LogP contribution < -0.4 is 9.04 Å². The molecule has 0 saturated carbocycles.